The van der Waals surface area contributed by atoms with Crippen molar-refractivity contribution in [2.75, 3.05) is 20.2 Å². The number of nitrogens with zero attached hydrogens (tertiary/aromatic N) is 1. The molecule has 4 heteroatoms. The van der Waals surface area contributed by atoms with Gasteiger partial charge in [0.15, 0.2) is 0 Å². The number of ether oxygens (including phenoxy) is 1. The van der Waals surface area contributed by atoms with Gasteiger partial charge in [0.05, 0.1) is 7.11 Å². The predicted octanol–water partition coefficient (Wildman–Crippen LogP) is 1.05. The number of Topliss-reactive ketones (excluding diaryl/α,β-unsaturated/α-hetero) is 1. The molecule has 0 atom stereocenters. The summed E-state index contributed by atoms with van der Waals surface area (Å²) in [5.41, 5.74) is 0. The normalized spacial score (nSPS) is 18.5. The Kier molecular flexibility index (Phi) is 3.28. The largest absolute Gasteiger partial charge is 0.453 e. The Labute approximate surface area is 77.8 Å². The highest BCUT2D eigenvalue weighted by Crippen LogP contribution is 2.18. The molecule has 0 aromatic rings. The molecule has 4 nitrogen and oxygen atoms in total. The van der Waals surface area contributed by atoms with E-state index < -0.39 is 0 Å². The lowest BCUT2D eigenvalue weighted by Crippen LogP contribution is -2.39. The van der Waals surface area contributed by atoms with Crippen LogP contribution in [0.15, 0.2) is 0 Å². The first-order chi connectivity index (χ1) is 6.15. The number of likely N-dealkylation sites (tertiary alicyclic amines) is 1. The van der Waals surface area contributed by atoms with Gasteiger partial charge in [-0.2, -0.15) is 0 Å². The Balaban J connectivity index is 2.39. The molecule has 1 aliphatic heterocycles. The third-order valence-electron chi connectivity index (χ3n) is 2.50. The van der Waals surface area contributed by atoms with Crippen LogP contribution in [0, 0.1) is 5.92 Å². The number of hydrogen-bond acceptors (Lipinski definition) is 3. The van der Waals surface area contributed by atoms with Crippen LogP contribution in [-0.4, -0.2) is 37.0 Å². The van der Waals surface area contributed by atoms with Gasteiger partial charge in [-0.15, -0.1) is 0 Å². The maximum absolute atomic E-state index is 11.1. The second-order valence-electron chi connectivity index (χ2n) is 3.34. The van der Waals surface area contributed by atoms with Crippen molar-refractivity contribution in [2.45, 2.75) is 19.8 Å². The van der Waals surface area contributed by atoms with Crippen LogP contribution >= 0.6 is 0 Å². The fraction of sp³-hybridized carbons (Fsp3) is 0.778. The number of rotatable bonds is 1. The van der Waals surface area contributed by atoms with Crippen molar-refractivity contribution < 1.29 is 14.3 Å². The van der Waals surface area contributed by atoms with E-state index in [4.69, 9.17) is 0 Å². The summed E-state index contributed by atoms with van der Waals surface area (Å²) in [5, 5.41) is 0. The summed E-state index contributed by atoms with van der Waals surface area (Å²) < 4.78 is 4.59. The highest BCUT2D eigenvalue weighted by molar-refractivity contribution is 5.78. The number of amides is 1. The van der Waals surface area contributed by atoms with E-state index in [-0.39, 0.29) is 17.8 Å². The molecule has 0 aromatic heterocycles. The van der Waals surface area contributed by atoms with E-state index in [0.29, 0.717) is 13.1 Å². The van der Waals surface area contributed by atoms with Gasteiger partial charge in [0, 0.05) is 19.0 Å². The average Bonchev–Trinajstić information content (AvgIpc) is 2.17. The fourth-order valence-corrected chi connectivity index (χ4v) is 1.60. The van der Waals surface area contributed by atoms with Crippen LogP contribution in [0.5, 0.6) is 0 Å². The Bertz CT molecular complexity index is 207. The molecule has 0 saturated carbocycles. The second-order valence-corrected chi connectivity index (χ2v) is 3.34. The van der Waals surface area contributed by atoms with Crippen LogP contribution in [0.1, 0.15) is 19.8 Å². The van der Waals surface area contributed by atoms with Crippen molar-refractivity contribution in [3.63, 3.8) is 0 Å². The molecule has 1 rings (SSSR count). The SMILES string of the molecule is COC(=O)N1CCC(C(C)=O)CC1. The average molecular weight is 185 g/mol. The van der Waals surface area contributed by atoms with Crippen molar-refractivity contribution in [3.05, 3.63) is 0 Å². The van der Waals surface area contributed by atoms with E-state index in [1.54, 1.807) is 11.8 Å². The minimum absolute atomic E-state index is 0.140. The van der Waals surface area contributed by atoms with Crippen LogP contribution in [0.25, 0.3) is 0 Å². The molecule has 0 radical (unpaired) electrons. The Morgan fingerprint density at radius 2 is 1.85 bits per heavy atom. The van der Waals surface area contributed by atoms with Crippen LogP contribution in [0.4, 0.5) is 4.79 Å². The van der Waals surface area contributed by atoms with Crippen LogP contribution in [0.2, 0.25) is 0 Å². The molecule has 13 heavy (non-hydrogen) atoms. The number of hydrogen-bond donors (Lipinski definition) is 0. The monoisotopic (exact) mass is 185 g/mol. The lowest BCUT2D eigenvalue weighted by Gasteiger charge is -2.29. The predicted molar refractivity (Wildman–Crippen MR) is 47.4 cm³/mol. The first-order valence-electron chi connectivity index (χ1n) is 4.48. The molecule has 1 aliphatic rings. The van der Waals surface area contributed by atoms with Gasteiger partial charge in [0.25, 0.3) is 0 Å². The van der Waals surface area contributed by atoms with Gasteiger partial charge in [-0.1, -0.05) is 0 Å². The van der Waals surface area contributed by atoms with Crippen LogP contribution < -0.4 is 0 Å². The Hall–Kier alpha value is -1.06. The summed E-state index contributed by atoms with van der Waals surface area (Å²) in [6.07, 6.45) is 1.25. The van der Waals surface area contributed by atoms with E-state index >= 15 is 0 Å². The molecule has 0 bridgehead atoms. The molecule has 0 aromatic carbocycles. The highest BCUT2D eigenvalue weighted by Gasteiger charge is 2.25. The maximum atomic E-state index is 11.1. The quantitative estimate of drug-likeness (QED) is 0.613. The van der Waals surface area contributed by atoms with E-state index in [2.05, 4.69) is 4.74 Å². The molecule has 1 amide bonds. The second kappa shape index (κ2) is 4.25. The van der Waals surface area contributed by atoms with E-state index in [9.17, 15) is 9.59 Å². The first-order valence-corrected chi connectivity index (χ1v) is 4.48. The summed E-state index contributed by atoms with van der Waals surface area (Å²) in [5.74, 6) is 0.366. The van der Waals surface area contributed by atoms with Gasteiger partial charge in [-0.05, 0) is 19.8 Å². The van der Waals surface area contributed by atoms with Gasteiger partial charge in [-0.3, -0.25) is 4.79 Å². The molecule has 0 spiro atoms. The van der Waals surface area contributed by atoms with Crippen molar-refractivity contribution >= 4 is 11.9 Å². The third-order valence-corrected chi connectivity index (χ3v) is 2.50. The standard InChI is InChI=1S/C9H15NO3/c1-7(11)8-3-5-10(6-4-8)9(12)13-2/h8H,3-6H2,1-2H3. The van der Waals surface area contributed by atoms with E-state index in [0.717, 1.165) is 12.8 Å². The molecule has 1 fully saturated rings. The minimum atomic E-state index is -0.290. The zero-order valence-corrected chi connectivity index (χ0v) is 8.08. The highest BCUT2D eigenvalue weighted by atomic mass is 16.5. The molecule has 1 heterocycles. The zero-order valence-electron chi connectivity index (χ0n) is 8.08. The summed E-state index contributed by atoms with van der Waals surface area (Å²) >= 11 is 0. The van der Waals surface area contributed by atoms with Gasteiger partial charge in [0.2, 0.25) is 0 Å². The number of carbonyl (C=O) groups is 2. The lowest BCUT2D eigenvalue weighted by atomic mass is 9.94. The number of ketones is 1. The number of carbonyl (C=O) groups excluding carboxylic acids is 2. The zero-order chi connectivity index (χ0) is 9.84. The van der Waals surface area contributed by atoms with Crippen molar-refractivity contribution in [2.24, 2.45) is 5.92 Å². The molecule has 0 N–H and O–H groups in total. The molecule has 74 valence electrons. The van der Waals surface area contributed by atoms with Crippen LogP contribution in [0.3, 0.4) is 0 Å². The van der Waals surface area contributed by atoms with E-state index in [1.807, 2.05) is 0 Å². The molecular formula is C9H15NO3. The Morgan fingerprint density at radius 1 is 1.31 bits per heavy atom. The van der Waals surface area contributed by atoms with Gasteiger partial charge in [0.1, 0.15) is 5.78 Å². The van der Waals surface area contributed by atoms with Crippen molar-refractivity contribution in [1.29, 1.82) is 0 Å². The topological polar surface area (TPSA) is 46.6 Å². The van der Waals surface area contributed by atoms with Crippen molar-refractivity contribution in [3.8, 4) is 0 Å². The summed E-state index contributed by atoms with van der Waals surface area (Å²) in [7, 11) is 1.37. The van der Waals surface area contributed by atoms with Crippen LogP contribution in [-0.2, 0) is 9.53 Å². The van der Waals surface area contributed by atoms with Gasteiger partial charge >= 0.3 is 6.09 Å². The summed E-state index contributed by atoms with van der Waals surface area (Å²) in [4.78, 5) is 23.7. The van der Waals surface area contributed by atoms with Gasteiger partial charge in [-0.25, -0.2) is 4.79 Å². The number of piperidine rings is 1. The third kappa shape index (κ3) is 2.44. The molecule has 0 unspecified atom stereocenters. The fourth-order valence-electron chi connectivity index (χ4n) is 1.60. The molecule has 1 saturated heterocycles. The first kappa shape index (κ1) is 10.0. The smallest absolute Gasteiger partial charge is 0.409 e. The minimum Gasteiger partial charge on any atom is -0.453 e. The summed E-state index contributed by atoms with van der Waals surface area (Å²) in [6, 6.07) is 0. The maximum Gasteiger partial charge on any atom is 0.409 e. The molecule has 0 aliphatic carbocycles. The number of methoxy groups -OCH3 is 1. The lowest BCUT2D eigenvalue weighted by molar-refractivity contribution is -0.122. The van der Waals surface area contributed by atoms with Crippen molar-refractivity contribution in [1.82, 2.24) is 4.90 Å². The molecular weight excluding hydrogens is 170 g/mol. The van der Waals surface area contributed by atoms with Gasteiger partial charge < -0.3 is 9.64 Å². The van der Waals surface area contributed by atoms with E-state index in [1.165, 1.54) is 7.11 Å². The summed E-state index contributed by atoms with van der Waals surface area (Å²) in [6.45, 7) is 2.88. The Morgan fingerprint density at radius 3 is 2.23 bits per heavy atom.